The molecule has 3 aromatic rings. The molecule has 6 nitrogen and oxygen atoms in total. The Balaban J connectivity index is 1.85. The van der Waals surface area contributed by atoms with E-state index >= 15 is 0 Å². The summed E-state index contributed by atoms with van der Waals surface area (Å²) in [6, 6.07) is 13.6. The average Bonchev–Trinajstić information content (AvgIpc) is 2.63. The van der Waals surface area contributed by atoms with Gasteiger partial charge in [-0.2, -0.15) is 4.98 Å². The monoisotopic (exact) mass is 354 g/mol. The Morgan fingerprint density at radius 2 is 1.65 bits per heavy atom. The fourth-order valence-corrected chi connectivity index (χ4v) is 2.43. The Bertz CT molecular complexity index is 918. The van der Waals surface area contributed by atoms with Crippen molar-refractivity contribution in [2.75, 3.05) is 24.9 Å². The van der Waals surface area contributed by atoms with Crippen LogP contribution in [0.5, 0.6) is 11.5 Å². The van der Waals surface area contributed by atoms with Gasteiger partial charge < -0.3 is 20.1 Å². The van der Waals surface area contributed by atoms with Crippen LogP contribution in [-0.2, 0) is 0 Å². The van der Waals surface area contributed by atoms with E-state index in [0.29, 0.717) is 29.0 Å². The molecule has 0 spiro atoms. The Morgan fingerprint density at radius 3 is 2.38 bits per heavy atom. The van der Waals surface area contributed by atoms with Crippen molar-refractivity contribution in [3.63, 3.8) is 0 Å². The number of nitrogens with zero attached hydrogens (tertiary/aromatic N) is 2. The van der Waals surface area contributed by atoms with Gasteiger partial charge in [0.1, 0.15) is 11.6 Å². The predicted molar refractivity (Wildman–Crippen MR) is 99.3 cm³/mol. The molecule has 0 saturated carbocycles. The number of halogens is 1. The molecule has 0 bridgehead atoms. The van der Waals surface area contributed by atoms with Crippen molar-refractivity contribution in [1.29, 1.82) is 0 Å². The summed E-state index contributed by atoms with van der Waals surface area (Å²) < 4.78 is 24.4. The number of para-hydroxylation sites is 1. The fraction of sp³-hybridized carbons (Fsp3) is 0.158. The smallest absolute Gasteiger partial charge is 0.229 e. The van der Waals surface area contributed by atoms with Crippen LogP contribution in [0.3, 0.4) is 0 Å². The van der Waals surface area contributed by atoms with E-state index in [1.807, 2.05) is 13.0 Å². The third kappa shape index (κ3) is 4.00. The Hall–Kier alpha value is -3.35. The molecule has 3 rings (SSSR count). The molecule has 2 aromatic carbocycles. The average molecular weight is 354 g/mol. The number of hydrogen-bond donors (Lipinski definition) is 2. The number of nitrogens with one attached hydrogen (secondary N) is 2. The van der Waals surface area contributed by atoms with Crippen LogP contribution in [-0.4, -0.2) is 24.2 Å². The van der Waals surface area contributed by atoms with Gasteiger partial charge in [-0.25, -0.2) is 9.37 Å². The van der Waals surface area contributed by atoms with E-state index in [2.05, 4.69) is 20.6 Å². The number of ether oxygens (including phenoxy) is 2. The molecule has 0 unspecified atom stereocenters. The third-order valence-corrected chi connectivity index (χ3v) is 3.63. The van der Waals surface area contributed by atoms with Crippen molar-refractivity contribution >= 4 is 23.1 Å². The largest absolute Gasteiger partial charge is 0.493 e. The molecule has 0 saturated heterocycles. The highest BCUT2D eigenvalue weighted by atomic mass is 19.1. The number of hydrogen-bond acceptors (Lipinski definition) is 6. The minimum absolute atomic E-state index is 0.349. The van der Waals surface area contributed by atoms with Crippen molar-refractivity contribution in [1.82, 2.24) is 9.97 Å². The SMILES string of the molecule is COc1ccc(Nc2nc(C)cc(Nc3ccccc3F)n2)cc1OC. The van der Waals surface area contributed by atoms with Gasteiger partial charge in [-0.3, -0.25) is 0 Å². The molecule has 0 aliphatic heterocycles. The normalized spacial score (nSPS) is 10.3. The minimum atomic E-state index is -0.349. The van der Waals surface area contributed by atoms with E-state index in [1.54, 1.807) is 50.6 Å². The van der Waals surface area contributed by atoms with Crippen LogP contribution in [0.1, 0.15) is 5.69 Å². The Labute approximate surface area is 151 Å². The van der Waals surface area contributed by atoms with Crippen LogP contribution < -0.4 is 20.1 Å². The maximum absolute atomic E-state index is 13.8. The van der Waals surface area contributed by atoms with Crippen molar-refractivity contribution in [2.24, 2.45) is 0 Å². The van der Waals surface area contributed by atoms with Gasteiger partial charge in [-0.05, 0) is 31.2 Å². The number of aryl methyl sites for hydroxylation is 1. The second-order valence-corrected chi connectivity index (χ2v) is 5.52. The lowest BCUT2D eigenvalue weighted by atomic mass is 10.2. The standard InChI is InChI=1S/C19H19FN4O2/c1-12-10-18(23-15-7-5-4-6-14(15)20)24-19(21-12)22-13-8-9-16(25-2)17(11-13)26-3/h4-11H,1-3H3,(H2,21,22,23,24). The zero-order valence-corrected chi connectivity index (χ0v) is 14.7. The van der Waals surface area contributed by atoms with E-state index in [9.17, 15) is 4.39 Å². The number of aromatic nitrogens is 2. The van der Waals surface area contributed by atoms with Crippen LogP contribution in [0.15, 0.2) is 48.5 Å². The van der Waals surface area contributed by atoms with Gasteiger partial charge in [0.2, 0.25) is 5.95 Å². The van der Waals surface area contributed by atoms with Gasteiger partial charge in [-0.15, -0.1) is 0 Å². The molecular formula is C19H19FN4O2. The van der Waals surface area contributed by atoms with Gasteiger partial charge in [0.15, 0.2) is 11.5 Å². The highest BCUT2D eigenvalue weighted by Gasteiger charge is 2.08. The van der Waals surface area contributed by atoms with E-state index < -0.39 is 0 Å². The van der Waals surface area contributed by atoms with Crippen LogP contribution in [0.4, 0.5) is 27.5 Å². The van der Waals surface area contributed by atoms with Gasteiger partial charge in [-0.1, -0.05) is 12.1 Å². The topological polar surface area (TPSA) is 68.3 Å². The number of methoxy groups -OCH3 is 2. The molecule has 0 aliphatic rings. The Morgan fingerprint density at radius 1 is 0.885 bits per heavy atom. The fourth-order valence-electron chi connectivity index (χ4n) is 2.43. The molecule has 0 amide bonds. The zero-order chi connectivity index (χ0) is 18.5. The van der Waals surface area contributed by atoms with Crippen molar-refractivity contribution < 1.29 is 13.9 Å². The second kappa shape index (κ2) is 7.69. The van der Waals surface area contributed by atoms with E-state index in [4.69, 9.17) is 9.47 Å². The third-order valence-electron chi connectivity index (χ3n) is 3.63. The van der Waals surface area contributed by atoms with Gasteiger partial charge in [0, 0.05) is 23.5 Å². The van der Waals surface area contributed by atoms with E-state index in [0.717, 1.165) is 11.4 Å². The summed E-state index contributed by atoms with van der Waals surface area (Å²) in [5, 5.41) is 6.09. The Kier molecular flexibility index (Phi) is 5.17. The van der Waals surface area contributed by atoms with E-state index in [1.165, 1.54) is 6.07 Å². The van der Waals surface area contributed by atoms with Crippen LogP contribution in [0.2, 0.25) is 0 Å². The summed E-state index contributed by atoms with van der Waals surface area (Å²) in [5.74, 6) is 1.75. The molecule has 1 heterocycles. The second-order valence-electron chi connectivity index (χ2n) is 5.52. The van der Waals surface area contributed by atoms with Crippen LogP contribution in [0, 0.1) is 12.7 Å². The lowest BCUT2D eigenvalue weighted by Crippen LogP contribution is -2.03. The molecular weight excluding hydrogens is 335 g/mol. The highest BCUT2D eigenvalue weighted by Crippen LogP contribution is 2.31. The molecule has 0 aliphatic carbocycles. The molecule has 0 fully saturated rings. The van der Waals surface area contributed by atoms with Gasteiger partial charge in [0.25, 0.3) is 0 Å². The summed E-state index contributed by atoms with van der Waals surface area (Å²) in [6.45, 7) is 1.84. The quantitative estimate of drug-likeness (QED) is 0.683. The maximum Gasteiger partial charge on any atom is 0.229 e. The molecule has 1 aromatic heterocycles. The van der Waals surface area contributed by atoms with Crippen molar-refractivity contribution in [3.05, 3.63) is 60.0 Å². The first kappa shape index (κ1) is 17.5. The highest BCUT2D eigenvalue weighted by molar-refractivity contribution is 5.62. The molecule has 0 atom stereocenters. The molecule has 7 heteroatoms. The first-order valence-electron chi connectivity index (χ1n) is 7.95. The maximum atomic E-state index is 13.8. The molecule has 0 radical (unpaired) electrons. The summed E-state index contributed by atoms with van der Waals surface area (Å²) in [5.41, 5.74) is 1.83. The number of anilines is 4. The minimum Gasteiger partial charge on any atom is -0.493 e. The van der Waals surface area contributed by atoms with Gasteiger partial charge >= 0.3 is 0 Å². The lowest BCUT2D eigenvalue weighted by molar-refractivity contribution is 0.355. The van der Waals surface area contributed by atoms with Crippen molar-refractivity contribution in [3.8, 4) is 11.5 Å². The summed E-state index contributed by atoms with van der Waals surface area (Å²) in [4.78, 5) is 8.75. The lowest BCUT2D eigenvalue weighted by Gasteiger charge is -2.12. The predicted octanol–water partition coefficient (Wildman–Crippen LogP) is 4.43. The van der Waals surface area contributed by atoms with Crippen molar-refractivity contribution in [2.45, 2.75) is 6.92 Å². The molecule has 2 N–H and O–H groups in total. The molecule has 134 valence electrons. The van der Waals surface area contributed by atoms with E-state index in [-0.39, 0.29) is 5.82 Å². The first-order valence-corrected chi connectivity index (χ1v) is 7.95. The van der Waals surface area contributed by atoms with Crippen LogP contribution >= 0.6 is 0 Å². The van der Waals surface area contributed by atoms with Gasteiger partial charge in [0.05, 0.1) is 19.9 Å². The summed E-state index contributed by atoms with van der Waals surface area (Å²) in [6.07, 6.45) is 0. The number of benzene rings is 2. The van der Waals surface area contributed by atoms with Crippen LogP contribution in [0.25, 0.3) is 0 Å². The number of rotatable bonds is 6. The summed E-state index contributed by atoms with van der Waals surface area (Å²) >= 11 is 0. The first-order chi connectivity index (χ1) is 12.6. The molecule has 26 heavy (non-hydrogen) atoms. The summed E-state index contributed by atoms with van der Waals surface area (Å²) in [7, 11) is 3.15. The zero-order valence-electron chi connectivity index (χ0n) is 14.7.